The van der Waals surface area contributed by atoms with E-state index >= 15 is 0 Å². The fourth-order valence-electron chi connectivity index (χ4n) is 4.65. The highest BCUT2D eigenvalue weighted by molar-refractivity contribution is 7.98. The zero-order valence-electron chi connectivity index (χ0n) is 20.0. The monoisotopic (exact) mass is 546 g/mol. The van der Waals surface area contributed by atoms with Crippen molar-refractivity contribution in [1.29, 1.82) is 0 Å². The van der Waals surface area contributed by atoms with Crippen LogP contribution in [0.2, 0.25) is 10.0 Å². The molecule has 0 saturated carbocycles. The molecule has 0 aliphatic carbocycles. The standard InChI is InChI=1S/C29H24Cl2N4OS/c30-24-13-12-19(15-25(24)31)18-37-29-34-33-28(35(29)17-21-9-6-14-36-21)23-16-27(20-7-2-1-3-8-20)32-26-11-5-4-10-22(23)26/h1-5,7-8,10-13,15-16,21H,6,9,14,17-18H2/t21-/m1/s1. The van der Waals surface area contributed by atoms with E-state index in [4.69, 9.17) is 38.0 Å². The van der Waals surface area contributed by atoms with Crippen LogP contribution >= 0.6 is 35.0 Å². The van der Waals surface area contributed by atoms with Crippen molar-refractivity contribution in [2.45, 2.75) is 36.4 Å². The molecule has 0 unspecified atom stereocenters. The van der Waals surface area contributed by atoms with E-state index < -0.39 is 0 Å². The number of fused-ring (bicyclic) bond motifs is 1. The maximum Gasteiger partial charge on any atom is 0.191 e. The molecule has 37 heavy (non-hydrogen) atoms. The molecule has 3 heterocycles. The molecule has 1 atom stereocenters. The second kappa shape index (κ2) is 10.8. The van der Waals surface area contributed by atoms with Gasteiger partial charge in [0, 0.05) is 28.9 Å². The highest BCUT2D eigenvalue weighted by atomic mass is 35.5. The lowest BCUT2D eigenvalue weighted by Gasteiger charge is -2.16. The molecule has 1 aliphatic rings. The summed E-state index contributed by atoms with van der Waals surface area (Å²) in [6.45, 7) is 1.49. The van der Waals surface area contributed by atoms with Gasteiger partial charge >= 0.3 is 0 Å². The molecule has 5 aromatic rings. The first-order chi connectivity index (χ1) is 18.2. The third-order valence-electron chi connectivity index (χ3n) is 6.51. The Balaban J connectivity index is 1.43. The van der Waals surface area contributed by atoms with Gasteiger partial charge in [-0.2, -0.15) is 0 Å². The number of hydrogen-bond donors (Lipinski definition) is 0. The molecule has 0 amide bonds. The summed E-state index contributed by atoms with van der Waals surface area (Å²) < 4.78 is 8.22. The second-order valence-corrected chi connectivity index (χ2v) is 10.8. The number of ether oxygens (including phenoxy) is 1. The first kappa shape index (κ1) is 24.4. The Hall–Kier alpha value is -2.90. The van der Waals surface area contributed by atoms with Gasteiger partial charge in [-0.05, 0) is 42.7 Å². The number of aromatic nitrogens is 4. The highest BCUT2D eigenvalue weighted by Gasteiger charge is 2.23. The van der Waals surface area contributed by atoms with E-state index in [0.717, 1.165) is 63.7 Å². The van der Waals surface area contributed by atoms with Crippen molar-refractivity contribution in [2.75, 3.05) is 6.61 Å². The fraction of sp³-hybridized carbons (Fsp3) is 0.207. The van der Waals surface area contributed by atoms with Crippen molar-refractivity contribution in [3.05, 3.63) is 94.5 Å². The molecule has 3 aromatic carbocycles. The number of halogens is 2. The molecule has 8 heteroatoms. The number of hydrogen-bond acceptors (Lipinski definition) is 5. The predicted molar refractivity (Wildman–Crippen MR) is 151 cm³/mol. The number of nitrogens with zero attached hydrogens (tertiary/aromatic N) is 4. The molecule has 1 fully saturated rings. The van der Waals surface area contributed by atoms with Gasteiger partial charge in [0.15, 0.2) is 11.0 Å². The molecule has 0 radical (unpaired) electrons. The van der Waals surface area contributed by atoms with Crippen LogP contribution in [0.4, 0.5) is 0 Å². The lowest BCUT2D eigenvalue weighted by molar-refractivity contribution is 0.0953. The van der Waals surface area contributed by atoms with E-state index in [0.29, 0.717) is 22.3 Å². The first-order valence-electron chi connectivity index (χ1n) is 12.2. The number of pyridine rings is 1. The lowest BCUT2D eigenvalue weighted by atomic mass is 10.0. The maximum absolute atomic E-state index is 6.25. The summed E-state index contributed by atoms with van der Waals surface area (Å²) in [5.41, 5.74) is 4.99. The van der Waals surface area contributed by atoms with E-state index in [1.165, 1.54) is 0 Å². The Morgan fingerprint density at radius 2 is 1.76 bits per heavy atom. The minimum Gasteiger partial charge on any atom is -0.376 e. The second-order valence-electron chi connectivity index (χ2n) is 9.03. The van der Waals surface area contributed by atoms with Gasteiger partial charge in [-0.1, -0.05) is 89.6 Å². The summed E-state index contributed by atoms with van der Waals surface area (Å²) >= 11 is 14.0. The Kier molecular flexibility index (Phi) is 7.16. The van der Waals surface area contributed by atoms with Gasteiger partial charge in [-0.3, -0.25) is 4.57 Å². The first-order valence-corrected chi connectivity index (χ1v) is 14.0. The van der Waals surface area contributed by atoms with Crippen LogP contribution in [0, 0.1) is 0 Å². The molecule has 5 nitrogen and oxygen atoms in total. The van der Waals surface area contributed by atoms with Crippen LogP contribution in [0.25, 0.3) is 33.5 Å². The Bertz CT molecular complexity index is 1550. The van der Waals surface area contributed by atoms with Crippen LogP contribution in [-0.2, 0) is 17.0 Å². The van der Waals surface area contributed by atoms with Crippen molar-refractivity contribution in [2.24, 2.45) is 0 Å². The number of benzene rings is 3. The van der Waals surface area contributed by atoms with Gasteiger partial charge in [0.25, 0.3) is 0 Å². The molecule has 2 aromatic heterocycles. The summed E-state index contributed by atoms with van der Waals surface area (Å²) in [5, 5.41) is 12.4. The average Bonchev–Trinajstić information content (AvgIpc) is 3.59. The van der Waals surface area contributed by atoms with Gasteiger partial charge in [0.2, 0.25) is 0 Å². The topological polar surface area (TPSA) is 52.8 Å². The SMILES string of the molecule is Clc1ccc(CSc2nnc(-c3cc(-c4ccccc4)nc4ccccc34)n2C[C@H]2CCCO2)cc1Cl. The average molecular weight is 548 g/mol. The van der Waals surface area contributed by atoms with Crippen molar-refractivity contribution in [3.63, 3.8) is 0 Å². The summed E-state index contributed by atoms with van der Waals surface area (Å²) in [5.74, 6) is 1.52. The third-order valence-corrected chi connectivity index (χ3v) is 8.28. The minimum atomic E-state index is 0.140. The molecular formula is C29H24Cl2N4OS. The fourth-order valence-corrected chi connectivity index (χ4v) is 5.86. The van der Waals surface area contributed by atoms with E-state index in [1.54, 1.807) is 11.8 Å². The zero-order valence-corrected chi connectivity index (χ0v) is 22.3. The van der Waals surface area contributed by atoms with E-state index in [-0.39, 0.29) is 6.10 Å². The largest absolute Gasteiger partial charge is 0.376 e. The quantitative estimate of drug-likeness (QED) is 0.194. The Morgan fingerprint density at radius 1 is 0.919 bits per heavy atom. The van der Waals surface area contributed by atoms with Crippen molar-refractivity contribution in [3.8, 4) is 22.6 Å². The van der Waals surface area contributed by atoms with Crippen LogP contribution in [-0.4, -0.2) is 32.5 Å². The molecule has 0 N–H and O–H groups in total. The Morgan fingerprint density at radius 3 is 2.57 bits per heavy atom. The van der Waals surface area contributed by atoms with Gasteiger partial charge in [0.05, 0.1) is 33.9 Å². The normalized spacial score (nSPS) is 15.5. The van der Waals surface area contributed by atoms with Crippen LogP contribution in [0.3, 0.4) is 0 Å². The number of para-hydroxylation sites is 1. The number of rotatable bonds is 7. The maximum atomic E-state index is 6.25. The highest BCUT2D eigenvalue weighted by Crippen LogP contribution is 2.35. The molecule has 0 spiro atoms. The van der Waals surface area contributed by atoms with Crippen molar-refractivity contribution >= 4 is 45.9 Å². The molecule has 0 bridgehead atoms. The molecule has 1 saturated heterocycles. The Labute approximate surface area is 229 Å². The summed E-state index contributed by atoms with van der Waals surface area (Å²) in [6.07, 6.45) is 2.24. The van der Waals surface area contributed by atoms with Crippen LogP contribution in [0.15, 0.2) is 84.0 Å². The summed E-state index contributed by atoms with van der Waals surface area (Å²) in [4.78, 5) is 4.95. The van der Waals surface area contributed by atoms with Crippen molar-refractivity contribution in [1.82, 2.24) is 19.7 Å². The number of thioether (sulfide) groups is 1. The third kappa shape index (κ3) is 5.25. The lowest BCUT2D eigenvalue weighted by Crippen LogP contribution is -2.16. The van der Waals surface area contributed by atoms with Crippen LogP contribution in [0.5, 0.6) is 0 Å². The smallest absolute Gasteiger partial charge is 0.191 e. The van der Waals surface area contributed by atoms with Gasteiger partial charge in [0.1, 0.15) is 0 Å². The molecule has 186 valence electrons. The van der Waals surface area contributed by atoms with E-state index in [2.05, 4.69) is 33.9 Å². The van der Waals surface area contributed by atoms with Gasteiger partial charge < -0.3 is 4.74 Å². The van der Waals surface area contributed by atoms with E-state index in [1.807, 2.05) is 54.6 Å². The summed E-state index contributed by atoms with van der Waals surface area (Å²) in [6, 6.07) is 26.3. The molecule has 1 aliphatic heterocycles. The van der Waals surface area contributed by atoms with E-state index in [9.17, 15) is 0 Å². The molecular weight excluding hydrogens is 523 g/mol. The zero-order chi connectivity index (χ0) is 25.2. The van der Waals surface area contributed by atoms with Gasteiger partial charge in [-0.25, -0.2) is 4.98 Å². The minimum absolute atomic E-state index is 0.140. The summed E-state index contributed by atoms with van der Waals surface area (Å²) in [7, 11) is 0. The van der Waals surface area contributed by atoms with Crippen LogP contribution in [0.1, 0.15) is 18.4 Å². The molecule has 6 rings (SSSR count). The predicted octanol–water partition coefficient (Wildman–Crippen LogP) is 7.94. The van der Waals surface area contributed by atoms with Crippen LogP contribution < -0.4 is 0 Å². The van der Waals surface area contributed by atoms with Crippen molar-refractivity contribution < 1.29 is 4.74 Å². The van der Waals surface area contributed by atoms with Gasteiger partial charge in [-0.15, -0.1) is 10.2 Å².